The van der Waals surface area contributed by atoms with E-state index in [9.17, 15) is 0 Å². The van der Waals surface area contributed by atoms with Crippen molar-refractivity contribution in [1.29, 1.82) is 0 Å². The molecule has 0 saturated carbocycles. The quantitative estimate of drug-likeness (QED) is 0.778. The molecule has 2 rings (SSSR count). The highest BCUT2D eigenvalue weighted by Gasteiger charge is 2.10. The average Bonchev–Trinajstić information content (AvgIpc) is 2.66. The molecule has 0 atom stereocenters. The van der Waals surface area contributed by atoms with Crippen molar-refractivity contribution in [1.82, 2.24) is 9.78 Å². The Morgan fingerprint density at radius 1 is 1.17 bits per heavy atom. The zero-order chi connectivity index (χ0) is 13.1. The Kier molecular flexibility index (Phi) is 3.67. The maximum absolute atomic E-state index is 5.60. The lowest BCUT2D eigenvalue weighted by Gasteiger charge is -2.12. The predicted molar refractivity (Wildman–Crippen MR) is 70.3 cm³/mol. The molecule has 1 aromatic carbocycles. The third kappa shape index (κ3) is 2.54. The van der Waals surface area contributed by atoms with Crippen molar-refractivity contribution in [3.8, 4) is 11.4 Å². The minimum absolute atomic E-state index is 0.232. The summed E-state index contributed by atoms with van der Waals surface area (Å²) in [5.74, 6) is 0.781. The number of hydrogen-bond acceptors (Lipinski definition) is 3. The fourth-order valence-corrected chi connectivity index (χ4v) is 1.91. The molecular weight excluding hydrogens is 228 g/mol. The van der Waals surface area contributed by atoms with E-state index in [1.807, 2.05) is 49.7 Å². The van der Waals surface area contributed by atoms with Gasteiger partial charge >= 0.3 is 0 Å². The monoisotopic (exact) mass is 246 g/mol. The van der Waals surface area contributed by atoms with Crippen molar-refractivity contribution < 1.29 is 9.47 Å². The Morgan fingerprint density at radius 2 is 1.94 bits per heavy atom. The molecule has 1 aromatic heterocycles. The van der Waals surface area contributed by atoms with E-state index in [1.165, 1.54) is 0 Å². The SMILES string of the molecule is COCOc1cc(C)ccc1-n1nc(C)cc1C. The van der Waals surface area contributed by atoms with Gasteiger partial charge < -0.3 is 9.47 Å². The van der Waals surface area contributed by atoms with E-state index in [0.29, 0.717) is 0 Å². The highest BCUT2D eigenvalue weighted by molar-refractivity contribution is 5.49. The van der Waals surface area contributed by atoms with Crippen LogP contribution in [0.4, 0.5) is 0 Å². The Labute approximate surface area is 107 Å². The van der Waals surface area contributed by atoms with Gasteiger partial charge in [0.2, 0.25) is 0 Å². The molecule has 96 valence electrons. The Hall–Kier alpha value is -1.81. The zero-order valence-corrected chi connectivity index (χ0v) is 11.2. The maximum atomic E-state index is 5.60. The van der Waals surface area contributed by atoms with Crippen LogP contribution >= 0.6 is 0 Å². The summed E-state index contributed by atoms with van der Waals surface area (Å²) in [6, 6.07) is 8.09. The molecule has 0 aliphatic rings. The molecule has 2 aromatic rings. The molecule has 0 unspecified atom stereocenters. The topological polar surface area (TPSA) is 36.3 Å². The van der Waals surface area contributed by atoms with E-state index >= 15 is 0 Å². The second-order valence-electron chi connectivity index (χ2n) is 4.36. The Balaban J connectivity index is 2.46. The van der Waals surface area contributed by atoms with E-state index in [4.69, 9.17) is 9.47 Å². The van der Waals surface area contributed by atoms with Gasteiger partial charge in [0.25, 0.3) is 0 Å². The van der Waals surface area contributed by atoms with Gasteiger partial charge in [-0.15, -0.1) is 0 Å². The van der Waals surface area contributed by atoms with E-state index < -0.39 is 0 Å². The third-order valence-electron chi connectivity index (χ3n) is 2.69. The molecule has 0 aliphatic heterocycles. The van der Waals surface area contributed by atoms with Crippen molar-refractivity contribution in [3.05, 3.63) is 41.2 Å². The first-order valence-corrected chi connectivity index (χ1v) is 5.88. The standard InChI is InChI=1S/C14H18N2O2/c1-10-5-6-13(14(7-10)18-9-17-4)16-12(3)8-11(2)15-16/h5-8H,9H2,1-4H3. The smallest absolute Gasteiger partial charge is 0.188 e. The van der Waals surface area contributed by atoms with Crippen LogP contribution in [0, 0.1) is 20.8 Å². The number of methoxy groups -OCH3 is 1. The summed E-state index contributed by atoms with van der Waals surface area (Å²) in [7, 11) is 1.61. The number of nitrogens with zero attached hydrogens (tertiary/aromatic N) is 2. The van der Waals surface area contributed by atoms with Gasteiger partial charge in [-0.1, -0.05) is 6.07 Å². The van der Waals surface area contributed by atoms with Crippen molar-refractivity contribution in [2.75, 3.05) is 13.9 Å². The number of hydrogen-bond donors (Lipinski definition) is 0. The van der Waals surface area contributed by atoms with Gasteiger partial charge in [-0.2, -0.15) is 5.10 Å². The van der Waals surface area contributed by atoms with Gasteiger partial charge in [-0.25, -0.2) is 4.68 Å². The summed E-state index contributed by atoms with van der Waals surface area (Å²) in [6.07, 6.45) is 0. The van der Waals surface area contributed by atoms with Gasteiger partial charge in [-0.05, 0) is 44.5 Å². The fraction of sp³-hybridized carbons (Fsp3) is 0.357. The molecule has 0 aliphatic carbocycles. The molecular formula is C14H18N2O2. The molecule has 4 nitrogen and oxygen atoms in total. The average molecular weight is 246 g/mol. The van der Waals surface area contributed by atoms with Crippen LogP contribution in [0.3, 0.4) is 0 Å². The maximum Gasteiger partial charge on any atom is 0.188 e. The van der Waals surface area contributed by atoms with Crippen LogP contribution in [-0.2, 0) is 4.74 Å². The van der Waals surface area contributed by atoms with Gasteiger partial charge in [-0.3, -0.25) is 0 Å². The van der Waals surface area contributed by atoms with Crippen LogP contribution in [0.1, 0.15) is 17.0 Å². The molecule has 0 bridgehead atoms. The molecule has 0 spiro atoms. The van der Waals surface area contributed by atoms with Crippen molar-refractivity contribution in [2.24, 2.45) is 0 Å². The van der Waals surface area contributed by atoms with Crippen molar-refractivity contribution in [2.45, 2.75) is 20.8 Å². The second kappa shape index (κ2) is 5.23. The van der Waals surface area contributed by atoms with Gasteiger partial charge in [0.1, 0.15) is 11.4 Å². The molecule has 1 heterocycles. The minimum Gasteiger partial charge on any atom is -0.465 e. The van der Waals surface area contributed by atoms with Gasteiger partial charge in [0.15, 0.2) is 6.79 Å². The Bertz CT molecular complexity index is 547. The molecule has 0 radical (unpaired) electrons. The van der Waals surface area contributed by atoms with Gasteiger partial charge in [0.05, 0.1) is 5.69 Å². The lowest BCUT2D eigenvalue weighted by Crippen LogP contribution is -2.06. The van der Waals surface area contributed by atoms with Crippen molar-refractivity contribution in [3.63, 3.8) is 0 Å². The zero-order valence-electron chi connectivity index (χ0n) is 11.2. The molecule has 18 heavy (non-hydrogen) atoms. The van der Waals surface area contributed by atoms with Crippen LogP contribution in [-0.4, -0.2) is 23.7 Å². The molecule has 0 saturated heterocycles. The first-order chi connectivity index (χ1) is 8.61. The highest BCUT2D eigenvalue weighted by Crippen LogP contribution is 2.25. The number of ether oxygens (including phenoxy) is 2. The molecule has 0 amide bonds. The van der Waals surface area contributed by atoms with Crippen LogP contribution in [0.5, 0.6) is 5.75 Å². The lowest BCUT2D eigenvalue weighted by molar-refractivity contribution is 0.0509. The highest BCUT2D eigenvalue weighted by atomic mass is 16.7. The van der Waals surface area contributed by atoms with Crippen molar-refractivity contribution >= 4 is 0 Å². The number of aryl methyl sites for hydroxylation is 3. The summed E-state index contributed by atoms with van der Waals surface area (Å²) < 4.78 is 12.5. The number of benzene rings is 1. The van der Waals surface area contributed by atoms with Crippen LogP contribution in [0.15, 0.2) is 24.3 Å². The van der Waals surface area contributed by atoms with E-state index in [1.54, 1.807) is 7.11 Å². The molecule has 0 N–H and O–H groups in total. The number of aromatic nitrogens is 2. The number of rotatable bonds is 4. The first-order valence-electron chi connectivity index (χ1n) is 5.88. The minimum atomic E-state index is 0.232. The third-order valence-corrected chi connectivity index (χ3v) is 2.69. The second-order valence-corrected chi connectivity index (χ2v) is 4.36. The largest absolute Gasteiger partial charge is 0.465 e. The summed E-state index contributed by atoms with van der Waals surface area (Å²) in [5, 5.41) is 4.47. The molecule has 0 fully saturated rings. The van der Waals surface area contributed by atoms with Gasteiger partial charge in [0, 0.05) is 12.8 Å². The first kappa shape index (κ1) is 12.6. The normalized spacial score (nSPS) is 10.7. The van der Waals surface area contributed by atoms with Crippen LogP contribution < -0.4 is 4.74 Å². The summed E-state index contributed by atoms with van der Waals surface area (Å²) in [5.41, 5.74) is 4.15. The van der Waals surface area contributed by atoms with E-state index in [0.717, 1.165) is 28.4 Å². The van der Waals surface area contributed by atoms with Crippen LogP contribution in [0.2, 0.25) is 0 Å². The molecule has 4 heteroatoms. The summed E-state index contributed by atoms with van der Waals surface area (Å²) in [6.45, 7) is 6.27. The lowest BCUT2D eigenvalue weighted by atomic mass is 10.2. The van der Waals surface area contributed by atoms with Crippen LogP contribution in [0.25, 0.3) is 5.69 Å². The summed E-state index contributed by atoms with van der Waals surface area (Å²) in [4.78, 5) is 0. The predicted octanol–water partition coefficient (Wildman–Crippen LogP) is 2.78. The van der Waals surface area contributed by atoms with E-state index in [-0.39, 0.29) is 6.79 Å². The summed E-state index contributed by atoms with van der Waals surface area (Å²) >= 11 is 0. The van der Waals surface area contributed by atoms with E-state index in [2.05, 4.69) is 5.10 Å². The fourth-order valence-electron chi connectivity index (χ4n) is 1.91. The Morgan fingerprint density at radius 3 is 2.56 bits per heavy atom.